The first-order valence-electron chi connectivity index (χ1n) is 7.06. The minimum atomic E-state index is -0.882. The van der Waals surface area contributed by atoms with E-state index in [2.05, 4.69) is 5.32 Å². The number of hydrogen-bond acceptors (Lipinski definition) is 3. The minimum Gasteiger partial charge on any atom is -0.481 e. The summed E-state index contributed by atoms with van der Waals surface area (Å²) in [6.07, 6.45) is 5.04. The number of carbonyl (C=O) groups excluding carboxylic acids is 1. The summed E-state index contributed by atoms with van der Waals surface area (Å²) < 4.78 is 5.65. The van der Waals surface area contributed by atoms with Gasteiger partial charge in [-0.05, 0) is 18.3 Å². The number of ether oxygens (including phenoxy) is 1. The molecule has 2 unspecified atom stereocenters. The molecule has 2 aliphatic carbocycles. The number of nitrogens with one attached hydrogen (secondary N) is 1. The third kappa shape index (κ3) is 3.08. The molecule has 0 saturated heterocycles. The first-order chi connectivity index (χ1) is 8.94. The Kier molecular flexibility index (Phi) is 4.13. The maximum atomic E-state index is 11.9. The molecule has 0 radical (unpaired) electrons. The summed E-state index contributed by atoms with van der Waals surface area (Å²) in [5, 5.41) is 11.8. The van der Waals surface area contributed by atoms with Crippen LogP contribution in [0.1, 0.15) is 39.5 Å². The third-order valence-corrected chi connectivity index (χ3v) is 4.43. The zero-order valence-corrected chi connectivity index (χ0v) is 11.6. The number of rotatable bonds is 6. The number of hydrogen-bond donors (Lipinski definition) is 2. The Morgan fingerprint density at radius 1 is 1.26 bits per heavy atom. The standard InChI is InChI=1S/C14H23NO4/c1-14(2)10(11(14)13(17)18)12(16)15-7-8-19-9-5-3-4-6-9/h9-11H,3-8H2,1-2H3,(H,15,16)(H,17,18). The molecule has 2 saturated carbocycles. The van der Waals surface area contributed by atoms with E-state index in [0.29, 0.717) is 19.3 Å². The Morgan fingerprint density at radius 3 is 2.42 bits per heavy atom. The molecule has 0 aromatic rings. The average molecular weight is 269 g/mol. The summed E-state index contributed by atoms with van der Waals surface area (Å²) in [5.74, 6) is -2.00. The molecule has 0 aromatic carbocycles. The fourth-order valence-corrected chi connectivity index (χ4v) is 3.15. The van der Waals surface area contributed by atoms with Crippen LogP contribution in [0.25, 0.3) is 0 Å². The molecule has 108 valence electrons. The zero-order chi connectivity index (χ0) is 14.0. The number of amides is 1. The van der Waals surface area contributed by atoms with Crippen molar-refractivity contribution in [1.29, 1.82) is 0 Å². The van der Waals surface area contributed by atoms with Crippen LogP contribution in [0.4, 0.5) is 0 Å². The fourth-order valence-electron chi connectivity index (χ4n) is 3.15. The van der Waals surface area contributed by atoms with E-state index < -0.39 is 23.2 Å². The quantitative estimate of drug-likeness (QED) is 0.715. The average Bonchev–Trinajstić information content (AvgIpc) is 2.73. The van der Waals surface area contributed by atoms with Crippen molar-refractivity contribution in [2.75, 3.05) is 13.2 Å². The van der Waals surface area contributed by atoms with Crippen molar-refractivity contribution in [2.24, 2.45) is 17.3 Å². The molecule has 0 heterocycles. The first-order valence-corrected chi connectivity index (χ1v) is 7.06. The van der Waals surface area contributed by atoms with E-state index in [-0.39, 0.29) is 5.91 Å². The van der Waals surface area contributed by atoms with Gasteiger partial charge in [-0.2, -0.15) is 0 Å². The van der Waals surface area contributed by atoms with Gasteiger partial charge in [0.1, 0.15) is 0 Å². The van der Waals surface area contributed by atoms with Crippen LogP contribution in [0.2, 0.25) is 0 Å². The van der Waals surface area contributed by atoms with Gasteiger partial charge in [0, 0.05) is 6.54 Å². The van der Waals surface area contributed by atoms with Gasteiger partial charge < -0.3 is 15.2 Å². The molecule has 19 heavy (non-hydrogen) atoms. The Bertz CT molecular complexity index is 360. The van der Waals surface area contributed by atoms with E-state index in [1.807, 2.05) is 13.8 Å². The number of carboxylic acids is 1. The lowest BCUT2D eigenvalue weighted by Gasteiger charge is -2.11. The molecule has 1 amide bonds. The lowest BCUT2D eigenvalue weighted by atomic mass is 10.1. The van der Waals surface area contributed by atoms with E-state index in [0.717, 1.165) is 12.8 Å². The Hall–Kier alpha value is -1.10. The van der Waals surface area contributed by atoms with Crippen LogP contribution in [0.3, 0.4) is 0 Å². The van der Waals surface area contributed by atoms with Gasteiger partial charge in [0.2, 0.25) is 5.91 Å². The normalized spacial score (nSPS) is 29.2. The summed E-state index contributed by atoms with van der Waals surface area (Å²) in [6, 6.07) is 0. The van der Waals surface area contributed by atoms with Crippen molar-refractivity contribution >= 4 is 11.9 Å². The highest BCUT2D eigenvalue weighted by Gasteiger charge is 2.65. The smallest absolute Gasteiger partial charge is 0.307 e. The van der Waals surface area contributed by atoms with Crippen LogP contribution in [0, 0.1) is 17.3 Å². The van der Waals surface area contributed by atoms with Crippen molar-refractivity contribution < 1.29 is 19.4 Å². The number of aliphatic carboxylic acids is 1. The summed E-state index contributed by atoms with van der Waals surface area (Å²) >= 11 is 0. The van der Waals surface area contributed by atoms with Gasteiger partial charge in [0.05, 0.1) is 24.5 Å². The predicted octanol–water partition coefficient (Wildman–Crippen LogP) is 1.42. The van der Waals surface area contributed by atoms with Crippen molar-refractivity contribution in [3.05, 3.63) is 0 Å². The maximum Gasteiger partial charge on any atom is 0.307 e. The fraction of sp³-hybridized carbons (Fsp3) is 0.857. The van der Waals surface area contributed by atoms with Gasteiger partial charge in [0.15, 0.2) is 0 Å². The van der Waals surface area contributed by atoms with E-state index in [1.54, 1.807) is 0 Å². The van der Waals surface area contributed by atoms with Gasteiger partial charge in [-0.25, -0.2) is 0 Å². The molecule has 0 spiro atoms. The lowest BCUT2D eigenvalue weighted by Crippen LogP contribution is -2.31. The van der Waals surface area contributed by atoms with Crippen LogP contribution >= 0.6 is 0 Å². The second-order valence-corrected chi connectivity index (χ2v) is 6.18. The summed E-state index contributed by atoms with van der Waals surface area (Å²) in [4.78, 5) is 22.9. The molecular weight excluding hydrogens is 246 g/mol. The highest BCUT2D eigenvalue weighted by Crippen LogP contribution is 2.58. The van der Waals surface area contributed by atoms with Crippen LogP contribution in [-0.2, 0) is 14.3 Å². The predicted molar refractivity (Wildman–Crippen MR) is 69.6 cm³/mol. The maximum absolute atomic E-state index is 11.9. The molecular formula is C14H23NO4. The molecule has 2 aliphatic rings. The molecule has 2 atom stereocenters. The Labute approximate surface area is 113 Å². The first kappa shape index (κ1) is 14.3. The molecule has 5 nitrogen and oxygen atoms in total. The Balaban J connectivity index is 1.66. The van der Waals surface area contributed by atoms with Crippen LogP contribution in [0.15, 0.2) is 0 Å². The van der Waals surface area contributed by atoms with Gasteiger partial charge in [-0.1, -0.05) is 26.7 Å². The topological polar surface area (TPSA) is 75.6 Å². The monoisotopic (exact) mass is 269 g/mol. The van der Waals surface area contributed by atoms with Gasteiger partial charge >= 0.3 is 5.97 Å². The summed E-state index contributed by atoms with van der Waals surface area (Å²) in [7, 11) is 0. The van der Waals surface area contributed by atoms with E-state index in [4.69, 9.17) is 9.84 Å². The number of carbonyl (C=O) groups is 2. The molecule has 5 heteroatoms. The Morgan fingerprint density at radius 2 is 1.89 bits per heavy atom. The SMILES string of the molecule is CC1(C)C(C(=O)O)C1C(=O)NCCOC1CCCC1. The molecule has 2 N–H and O–H groups in total. The molecule has 0 aromatic heterocycles. The van der Waals surface area contributed by atoms with Crippen LogP contribution < -0.4 is 5.32 Å². The van der Waals surface area contributed by atoms with Crippen LogP contribution in [0.5, 0.6) is 0 Å². The highest BCUT2D eigenvalue weighted by molar-refractivity contribution is 5.91. The molecule has 2 fully saturated rings. The van der Waals surface area contributed by atoms with E-state index in [1.165, 1.54) is 12.8 Å². The van der Waals surface area contributed by atoms with Gasteiger partial charge in [-0.15, -0.1) is 0 Å². The largest absolute Gasteiger partial charge is 0.481 e. The summed E-state index contributed by atoms with van der Waals surface area (Å²) in [5.41, 5.74) is -0.428. The number of carboxylic acid groups (broad SMARTS) is 1. The summed E-state index contributed by atoms with van der Waals surface area (Å²) in [6.45, 7) is 4.63. The van der Waals surface area contributed by atoms with Crippen molar-refractivity contribution in [3.8, 4) is 0 Å². The van der Waals surface area contributed by atoms with E-state index in [9.17, 15) is 9.59 Å². The minimum absolute atomic E-state index is 0.160. The van der Waals surface area contributed by atoms with Crippen LogP contribution in [-0.4, -0.2) is 36.2 Å². The molecule has 2 rings (SSSR count). The molecule has 0 bridgehead atoms. The third-order valence-electron chi connectivity index (χ3n) is 4.43. The lowest BCUT2D eigenvalue weighted by molar-refractivity contribution is -0.140. The second-order valence-electron chi connectivity index (χ2n) is 6.18. The molecule has 0 aliphatic heterocycles. The van der Waals surface area contributed by atoms with Gasteiger partial charge in [0.25, 0.3) is 0 Å². The zero-order valence-electron chi connectivity index (χ0n) is 11.6. The van der Waals surface area contributed by atoms with E-state index >= 15 is 0 Å². The second kappa shape index (κ2) is 5.49. The van der Waals surface area contributed by atoms with Crippen molar-refractivity contribution in [3.63, 3.8) is 0 Å². The van der Waals surface area contributed by atoms with Crippen molar-refractivity contribution in [2.45, 2.75) is 45.6 Å². The highest BCUT2D eigenvalue weighted by atomic mass is 16.5. The van der Waals surface area contributed by atoms with Crippen molar-refractivity contribution in [1.82, 2.24) is 5.32 Å². The van der Waals surface area contributed by atoms with Gasteiger partial charge in [-0.3, -0.25) is 9.59 Å².